The minimum atomic E-state index is -0.293. The molecule has 0 unspecified atom stereocenters. The lowest BCUT2D eigenvalue weighted by Crippen LogP contribution is -1.92. The number of hydrogen-bond acceptors (Lipinski definition) is 3. The molecule has 0 saturated carbocycles. The van der Waals surface area contributed by atoms with Crippen molar-refractivity contribution in [3.05, 3.63) is 46.6 Å². The van der Waals surface area contributed by atoms with Gasteiger partial charge in [0.25, 0.3) is 0 Å². The molecule has 0 aromatic heterocycles. The van der Waals surface area contributed by atoms with Gasteiger partial charge in [0.15, 0.2) is 16.9 Å². The molecule has 0 saturated heterocycles. The van der Waals surface area contributed by atoms with E-state index in [1.807, 2.05) is 0 Å². The summed E-state index contributed by atoms with van der Waals surface area (Å²) in [5.41, 5.74) is 0.120. The van der Waals surface area contributed by atoms with E-state index in [1.54, 1.807) is 6.08 Å². The number of hydrogen-bond donors (Lipinski definition) is 2. The first kappa shape index (κ1) is 9.32. The molecule has 1 aromatic carbocycles. The second-order valence-corrected chi connectivity index (χ2v) is 2.63. The van der Waals surface area contributed by atoms with Gasteiger partial charge in [0.1, 0.15) is 0 Å². The Bertz CT molecular complexity index is 383. The van der Waals surface area contributed by atoms with Gasteiger partial charge in [0, 0.05) is 5.56 Å². The van der Waals surface area contributed by atoms with E-state index < -0.39 is 0 Å². The Kier molecular flexibility index (Phi) is 2.69. The van der Waals surface area contributed by atoms with Crippen LogP contribution in [0.4, 0.5) is 0 Å². The fourth-order valence-electron chi connectivity index (χ4n) is 1.00. The number of aromatic hydroxyl groups is 2. The Morgan fingerprint density at radius 3 is 2.69 bits per heavy atom. The van der Waals surface area contributed by atoms with Crippen LogP contribution in [0.3, 0.4) is 0 Å². The van der Waals surface area contributed by atoms with Crippen molar-refractivity contribution >= 4 is 0 Å². The van der Waals surface area contributed by atoms with Crippen LogP contribution in [0.5, 0.6) is 11.5 Å². The van der Waals surface area contributed by atoms with Crippen molar-refractivity contribution in [3.8, 4) is 11.5 Å². The fraction of sp³-hybridized carbons (Fsp3) is 0.100. The molecule has 0 bridgehead atoms. The summed E-state index contributed by atoms with van der Waals surface area (Å²) in [6.45, 7) is 3.48. The average Bonchev–Trinajstić information content (AvgIpc) is 2.21. The Labute approximate surface area is 75.6 Å². The van der Waals surface area contributed by atoms with Gasteiger partial charge in [-0.05, 0) is 24.6 Å². The smallest absolute Gasteiger partial charge is 0.179 e. The Morgan fingerprint density at radius 2 is 2.08 bits per heavy atom. The maximum Gasteiger partial charge on any atom is 0.179 e. The molecule has 13 heavy (non-hydrogen) atoms. The van der Waals surface area contributed by atoms with E-state index in [-0.39, 0.29) is 16.9 Å². The molecular weight excluding hydrogens is 168 g/mol. The lowest BCUT2D eigenvalue weighted by Gasteiger charge is -1.96. The van der Waals surface area contributed by atoms with Crippen LogP contribution in [0.25, 0.3) is 0 Å². The first-order valence-corrected chi connectivity index (χ1v) is 3.81. The van der Waals surface area contributed by atoms with Gasteiger partial charge >= 0.3 is 0 Å². The lowest BCUT2D eigenvalue weighted by molar-refractivity contribution is 0.401. The molecule has 0 heterocycles. The molecule has 0 atom stereocenters. The highest BCUT2D eigenvalue weighted by atomic mass is 16.3. The Balaban J connectivity index is 3.41. The van der Waals surface area contributed by atoms with Crippen molar-refractivity contribution in [2.75, 3.05) is 0 Å². The van der Waals surface area contributed by atoms with Crippen LogP contribution in [0, 0.1) is 0 Å². The molecule has 68 valence electrons. The second kappa shape index (κ2) is 3.76. The van der Waals surface area contributed by atoms with E-state index in [1.165, 1.54) is 18.2 Å². The molecule has 0 fully saturated rings. The molecule has 2 N–H and O–H groups in total. The summed E-state index contributed by atoms with van der Waals surface area (Å²) in [4.78, 5) is 11.0. The highest BCUT2D eigenvalue weighted by Gasteiger charge is 2.03. The van der Waals surface area contributed by atoms with Gasteiger partial charge in [-0.3, -0.25) is 4.79 Å². The van der Waals surface area contributed by atoms with E-state index >= 15 is 0 Å². The first-order valence-electron chi connectivity index (χ1n) is 3.81. The molecule has 1 rings (SSSR count). The SMILES string of the molecule is C=CCc1cc(=O)ccc(O)c1O. The van der Waals surface area contributed by atoms with Gasteiger partial charge in [-0.1, -0.05) is 6.08 Å². The van der Waals surface area contributed by atoms with E-state index in [0.717, 1.165) is 0 Å². The van der Waals surface area contributed by atoms with Gasteiger partial charge in [0.2, 0.25) is 0 Å². The van der Waals surface area contributed by atoms with Crippen molar-refractivity contribution in [3.63, 3.8) is 0 Å². The third kappa shape index (κ3) is 2.08. The highest BCUT2D eigenvalue weighted by Crippen LogP contribution is 2.26. The predicted octanol–water partition coefficient (Wildman–Crippen LogP) is 1.19. The predicted molar refractivity (Wildman–Crippen MR) is 49.9 cm³/mol. The monoisotopic (exact) mass is 178 g/mol. The summed E-state index contributed by atoms with van der Waals surface area (Å²) < 4.78 is 0. The van der Waals surface area contributed by atoms with Crippen LogP contribution >= 0.6 is 0 Å². The molecule has 0 radical (unpaired) electrons. The zero-order chi connectivity index (χ0) is 9.84. The van der Waals surface area contributed by atoms with Gasteiger partial charge in [0.05, 0.1) is 0 Å². The van der Waals surface area contributed by atoms with Gasteiger partial charge < -0.3 is 10.2 Å². The minimum Gasteiger partial charge on any atom is -0.504 e. The van der Waals surface area contributed by atoms with Crippen molar-refractivity contribution < 1.29 is 10.2 Å². The van der Waals surface area contributed by atoms with Crippen LogP contribution in [0.1, 0.15) is 5.56 Å². The summed E-state index contributed by atoms with van der Waals surface area (Å²) in [5.74, 6) is -0.555. The molecular formula is C10H10O3. The van der Waals surface area contributed by atoms with Gasteiger partial charge in [-0.15, -0.1) is 6.58 Å². The Hall–Kier alpha value is -1.77. The number of allylic oxidation sites excluding steroid dienone is 1. The molecule has 0 amide bonds. The second-order valence-electron chi connectivity index (χ2n) is 2.63. The summed E-state index contributed by atoms with van der Waals surface area (Å²) in [6, 6.07) is 3.64. The van der Waals surface area contributed by atoms with Crippen LogP contribution in [0.15, 0.2) is 35.6 Å². The highest BCUT2D eigenvalue weighted by molar-refractivity contribution is 5.43. The van der Waals surface area contributed by atoms with Gasteiger partial charge in [-0.25, -0.2) is 0 Å². The normalized spacial score (nSPS) is 9.54. The van der Waals surface area contributed by atoms with Crippen LogP contribution in [0.2, 0.25) is 0 Å². The van der Waals surface area contributed by atoms with Crippen molar-refractivity contribution in [2.45, 2.75) is 6.42 Å². The van der Waals surface area contributed by atoms with Crippen molar-refractivity contribution in [1.29, 1.82) is 0 Å². The minimum absolute atomic E-state index is 0.257. The van der Waals surface area contributed by atoms with Crippen LogP contribution in [-0.4, -0.2) is 10.2 Å². The average molecular weight is 178 g/mol. The number of rotatable bonds is 2. The van der Waals surface area contributed by atoms with Crippen LogP contribution in [-0.2, 0) is 6.42 Å². The molecule has 0 aliphatic heterocycles. The molecule has 0 aliphatic rings. The lowest BCUT2D eigenvalue weighted by atomic mass is 10.2. The molecule has 0 spiro atoms. The van der Waals surface area contributed by atoms with E-state index in [9.17, 15) is 15.0 Å². The van der Waals surface area contributed by atoms with Crippen LogP contribution < -0.4 is 5.43 Å². The topological polar surface area (TPSA) is 57.5 Å². The molecule has 1 aromatic rings. The fourth-order valence-corrected chi connectivity index (χ4v) is 1.00. The maximum atomic E-state index is 11.0. The third-order valence-electron chi connectivity index (χ3n) is 1.63. The molecule has 0 aliphatic carbocycles. The zero-order valence-electron chi connectivity index (χ0n) is 7.03. The zero-order valence-corrected chi connectivity index (χ0v) is 7.03. The van der Waals surface area contributed by atoms with E-state index in [2.05, 4.69) is 6.58 Å². The first-order chi connectivity index (χ1) is 6.15. The maximum absolute atomic E-state index is 11.0. The molecule has 3 nitrogen and oxygen atoms in total. The largest absolute Gasteiger partial charge is 0.504 e. The third-order valence-corrected chi connectivity index (χ3v) is 1.63. The standard InChI is InChI=1S/C10H10O3/c1-2-3-7-6-8(11)4-5-9(12)10(7)13/h2,4-6,12-13H,1,3H2. The summed E-state index contributed by atoms with van der Waals surface area (Å²) in [6.07, 6.45) is 1.90. The summed E-state index contributed by atoms with van der Waals surface area (Å²) in [5, 5.41) is 18.6. The van der Waals surface area contributed by atoms with E-state index in [0.29, 0.717) is 12.0 Å². The van der Waals surface area contributed by atoms with Crippen molar-refractivity contribution in [2.24, 2.45) is 0 Å². The van der Waals surface area contributed by atoms with Crippen molar-refractivity contribution in [1.82, 2.24) is 0 Å². The molecule has 3 heteroatoms. The summed E-state index contributed by atoms with van der Waals surface area (Å²) >= 11 is 0. The quantitative estimate of drug-likeness (QED) is 0.669. The summed E-state index contributed by atoms with van der Waals surface area (Å²) in [7, 11) is 0. The van der Waals surface area contributed by atoms with Gasteiger partial charge in [-0.2, -0.15) is 0 Å². The van der Waals surface area contributed by atoms with E-state index in [4.69, 9.17) is 0 Å². The Morgan fingerprint density at radius 1 is 1.38 bits per heavy atom.